The molecule has 1 unspecified atom stereocenters. The number of carbonyl (C=O) groups excluding carboxylic acids is 1. The lowest BCUT2D eigenvalue weighted by Gasteiger charge is -2.06. The van der Waals surface area contributed by atoms with Gasteiger partial charge < -0.3 is 5.32 Å². The van der Waals surface area contributed by atoms with Crippen molar-refractivity contribution in [2.45, 2.75) is 57.3 Å². The van der Waals surface area contributed by atoms with E-state index in [9.17, 15) is 9.00 Å². The summed E-state index contributed by atoms with van der Waals surface area (Å²) < 4.78 is 12.0. The highest BCUT2D eigenvalue weighted by Crippen LogP contribution is 2.08. The Morgan fingerprint density at radius 3 is 2.33 bits per heavy atom. The van der Waals surface area contributed by atoms with Crippen LogP contribution in [0.3, 0.4) is 0 Å². The first-order valence-corrected chi connectivity index (χ1v) is 9.17. The molecule has 0 bridgehead atoms. The van der Waals surface area contributed by atoms with Gasteiger partial charge in [0.2, 0.25) is 5.91 Å². The van der Waals surface area contributed by atoms with Gasteiger partial charge in [0.25, 0.3) is 0 Å². The van der Waals surface area contributed by atoms with Crippen molar-refractivity contribution in [3.8, 4) is 0 Å². The van der Waals surface area contributed by atoms with Crippen LogP contribution < -0.4 is 5.32 Å². The van der Waals surface area contributed by atoms with Crippen molar-refractivity contribution < 1.29 is 9.00 Å². The lowest BCUT2D eigenvalue weighted by atomic mass is 10.1. The Morgan fingerprint density at radius 2 is 1.67 bits per heavy atom. The van der Waals surface area contributed by atoms with Crippen LogP contribution in [0.4, 0.5) is 0 Å². The number of rotatable bonds is 10. The summed E-state index contributed by atoms with van der Waals surface area (Å²) in [6.45, 7) is 4.88. The summed E-state index contributed by atoms with van der Waals surface area (Å²) in [6, 6.07) is 7.49. The molecule has 0 aliphatic heterocycles. The predicted molar refractivity (Wildman–Crippen MR) is 88.8 cm³/mol. The second kappa shape index (κ2) is 10.6. The molecule has 0 fully saturated rings. The minimum Gasteiger partial charge on any atom is -0.355 e. The van der Waals surface area contributed by atoms with Crippen LogP contribution in [0.15, 0.2) is 29.2 Å². The van der Waals surface area contributed by atoms with Crippen molar-refractivity contribution in [2.24, 2.45) is 0 Å². The predicted octanol–water partition coefficient (Wildman–Crippen LogP) is 3.58. The Morgan fingerprint density at radius 1 is 1.05 bits per heavy atom. The fourth-order valence-corrected chi connectivity index (χ4v) is 3.02. The molecule has 0 heterocycles. The Balaban J connectivity index is 2.15. The maximum Gasteiger partial charge on any atom is 0.232 e. The summed E-state index contributed by atoms with van der Waals surface area (Å²) in [5.74, 6) is -0.0683. The van der Waals surface area contributed by atoms with E-state index in [0.29, 0.717) is 6.54 Å². The highest BCUT2D eigenvalue weighted by Gasteiger charge is 2.09. The van der Waals surface area contributed by atoms with Gasteiger partial charge in [-0.2, -0.15) is 0 Å². The van der Waals surface area contributed by atoms with Gasteiger partial charge in [-0.3, -0.25) is 9.00 Å². The standard InChI is InChI=1S/C17H27NO2S/c1-3-4-5-6-7-8-13-18-17(19)14-21(20)16-11-9-15(2)10-12-16/h9-12H,3-8,13-14H2,1-2H3,(H,18,19). The average Bonchev–Trinajstić information content (AvgIpc) is 2.47. The molecule has 1 atom stereocenters. The van der Waals surface area contributed by atoms with E-state index in [1.54, 1.807) is 0 Å². The number of amides is 1. The second-order valence-electron chi connectivity index (χ2n) is 5.42. The van der Waals surface area contributed by atoms with Gasteiger partial charge in [-0.15, -0.1) is 0 Å². The molecule has 0 aliphatic carbocycles. The van der Waals surface area contributed by atoms with Gasteiger partial charge in [0.15, 0.2) is 0 Å². The quantitative estimate of drug-likeness (QED) is 0.672. The van der Waals surface area contributed by atoms with Crippen molar-refractivity contribution in [3.05, 3.63) is 29.8 Å². The summed E-state index contributed by atoms with van der Waals surface area (Å²) in [6.07, 6.45) is 7.22. The van der Waals surface area contributed by atoms with E-state index in [1.807, 2.05) is 31.2 Å². The average molecular weight is 309 g/mol. The smallest absolute Gasteiger partial charge is 0.232 e. The zero-order valence-corrected chi connectivity index (χ0v) is 14.0. The van der Waals surface area contributed by atoms with E-state index in [1.165, 1.54) is 25.7 Å². The topological polar surface area (TPSA) is 46.2 Å². The summed E-state index contributed by atoms with van der Waals surface area (Å²) in [5, 5.41) is 2.85. The third-order valence-corrected chi connectivity index (χ3v) is 4.72. The molecular formula is C17H27NO2S. The van der Waals surface area contributed by atoms with Crippen molar-refractivity contribution in [3.63, 3.8) is 0 Å². The van der Waals surface area contributed by atoms with E-state index in [-0.39, 0.29) is 11.7 Å². The summed E-state index contributed by atoms with van der Waals surface area (Å²) in [4.78, 5) is 12.4. The van der Waals surface area contributed by atoms with Crippen LogP contribution >= 0.6 is 0 Å². The van der Waals surface area contributed by atoms with Crippen LogP contribution in [0, 0.1) is 6.92 Å². The lowest BCUT2D eigenvalue weighted by molar-refractivity contribution is -0.118. The van der Waals surface area contributed by atoms with Gasteiger partial charge in [-0.25, -0.2) is 0 Å². The highest BCUT2D eigenvalue weighted by molar-refractivity contribution is 7.85. The van der Waals surface area contributed by atoms with E-state index in [0.717, 1.165) is 23.3 Å². The Hall–Kier alpha value is -1.16. The lowest BCUT2D eigenvalue weighted by Crippen LogP contribution is -2.29. The molecule has 118 valence electrons. The van der Waals surface area contributed by atoms with Crippen LogP contribution in [0.2, 0.25) is 0 Å². The molecule has 21 heavy (non-hydrogen) atoms. The molecule has 0 aliphatic rings. The van der Waals surface area contributed by atoms with E-state index < -0.39 is 10.8 Å². The summed E-state index contributed by atoms with van der Waals surface area (Å²) in [7, 11) is -1.25. The molecule has 4 heteroatoms. The Bertz CT molecular complexity index is 443. The largest absolute Gasteiger partial charge is 0.355 e. The first-order valence-electron chi connectivity index (χ1n) is 7.85. The third kappa shape index (κ3) is 8.00. The van der Waals surface area contributed by atoms with Crippen molar-refractivity contribution in [1.29, 1.82) is 0 Å². The monoisotopic (exact) mass is 309 g/mol. The molecule has 0 spiro atoms. The molecule has 0 saturated heterocycles. The number of unbranched alkanes of at least 4 members (excludes halogenated alkanes) is 5. The molecule has 1 aromatic rings. The molecule has 0 saturated carbocycles. The van der Waals surface area contributed by atoms with Crippen LogP contribution in [0.5, 0.6) is 0 Å². The maximum atomic E-state index is 12.0. The number of hydrogen-bond acceptors (Lipinski definition) is 2. The van der Waals surface area contributed by atoms with Gasteiger partial charge in [0.05, 0.1) is 10.8 Å². The van der Waals surface area contributed by atoms with Gasteiger partial charge in [-0.05, 0) is 25.5 Å². The van der Waals surface area contributed by atoms with Crippen LogP contribution in [-0.4, -0.2) is 22.4 Å². The fraction of sp³-hybridized carbons (Fsp3) is 0.588. The van der Waals surface area contributed by atoms with E-state index in [4.69, 9.17) is 0 Å². The zero-order valence-electron chi connectivity index (χ0n) is 13.2. The van der Waals surface area contributed by atoms with E-state index in [2.05, 4.69) is 12.2 Å². The summed E-state index contributed by atoms with van der Waals surface area (Å²) >= 11 is 0. The third-order valence-electron chi connectivity index (χ3n) is 3.40. The van der Waals surface area contributed by atoms with Gasteiger partial charge in [0, 0.05) is 11.4 Å². The highest BCUT2D eigenvalue weighted by atomic mass is 32.2. The van der Waals surface area contributed by atoms with Crippen LogP contribution in [-0.2, 0) is 15.6 Å². The van der Waals surface area contributed by atoms with Crippen LogP contribution in [0.25, 0.3) is 0 Å². The molecule has 3 nitrogen and oxygen atoms in total. The fourth-order valence-electron chi connectivity index (χ4n) is 2.08. The molecule has 1 rings (SSSR count). The van der Waals surface area contributed by atoms with Crippen molar-refractivity contribution >= 4 is 16.7 Å². The first-order chi connectivity index (χ1) is 10.1. The number of benzene rings is 1. The number of aryl methyl sites for hydroxylation is 1. The van der Waals surface area contributed by atoms with Crippen molar-refractivity contribution in [1.82, 2.24) is 5.32 Å². The van der Waals surface area contributed by atoms with Gasteiger partial charge in [-0.1, -0.05) is 56.7 Å². The molecule has 1 amide bonds. The number of hydrogen-bond donors (Lipinski definition) is 1. The number of carbonyl (C=O) groups is 1. The normalized spacial score (nSPS) is 12.1. The Labute approximate surface area is 131 Å². The SMILES string of the molecule is CCCCCCCCNC(=O)CS(=O)c1ccc(C)cc1. The van der Waals surface area contributed by atoms with Gasteiger partial charge in [0.1, 0.15) is 5.75 Å². The molecule has 1 aromatic carbocycles. The second-order valence-corrected chi connectivity index (χ2v) is 6.87. The van der Waals surface area contributed by atoms with Crippen molar-refractivity contribution in [2.75, 3.05) is 12.3 Å². The Kier molecular flexibility index (Phi) is 8.99. The number of nitrogens with one attached hydrogen (secondary N) is 1. The molecule has 1 N–H and O–H groups in total. The minimum absolute atomic E-state index is 0.0545. The molecular weight excluding hydrogens is 282 g/mol. The van der Waals surface area contributed by atoms with Gasteiger partial charge >= 0.3 is 0 Å². The first kappa shape index (κ1) is 17.9. The minimum atomic E-state index is -1.25. The van der Waals surface area contributed by atoms with Crippen LogP contribution in [0.1, 0.15) is 51.0 Å². The summed E-state index contributed by atoms with van der Waals surface area (Å²) in [5.41, 5.74) is 1.13. The van der Waals surface area contributed by atoms with E-state index >= 15 is 0 Å². The molecule has 0 aromatic heterocycles. The maximum absolute atomic E-state index is 12.0. The molecule has 0 radical (unpaired) electrons. The zero-order chi connectivity index (χ0) is 15.5.